The fourth-order valence-corrected chi connectivity index (χ4v) is 3.20. The largest absolute Gasteiger partial charge is 0.468 e. The molecule has 0 aliphatic heterocycles. The van der Waals surface area contributed by atoms with E-state index in [1.165, 1.54) is 7.11 Å². The van der Waals surface area contributed by atoms with Crippen LogP contribution in [0.15, 0.2) is 18.2 Å². The van der Waals surface area contributed by atoms with Crippen LogP contribution < -0.4 is 14.8 Å². The monoisotopic (exact) mass is 521 g/mol. The van der Waals surface area contributed by atoms with Crippen molar-refractivity contribution in [2.45, 2.75) is 85.6 Å². The van der Waals surface area contributed by atoms with Crippen LogP contribution in [0.5, 0.6) is 11.5 Å². The Hall–Kier alpha value is -2.94. The van der Waals surface area contributed by atoms with Gasteiger partial charge >= 0.3 is 23.9 Å². The van der Waals surface area contributed by atoms with E-state index in [-0.39, 0.29) is 48.9 Å². The molecule has 0 aliphatic rings. The number of carbonyl (C=O) groups excluding carboxylic acids is 4. The summed E-state index contributed by atoms with van der Waals surface area (Å²) in [6.07, 6.45) is 4.58. The minimum atomic E-state index is -0.726. The molecule has 0 heterocycles. The average molecular weight is 522 g/mol. The minimum Gasteiger partial charge on any atom is -0.468 e. The van der Waals surface area contributed by atoms with Gasteiger partial charge in [0.25, 0.3) is 0 Å². The van der Waals surface area contributed by atoms with E-state index >= 15 is 0 Å². The lowest BCUT2D eigenvalue weighted by atomic mass is 10.0. The minimum absolute atomic E-state index is 0.115. The van der Waals surface area contributed by atoms with Crippen LogP contribution in [-0.4, -0.2) is 50.2 Å². The lowest BCUT2D eigenvalue weighted by molar-refractivity contribution is -0.144. The number of ether oxygens (including phenoxy) is 4. The summed E-state index contributed by atoms with van der Waals surface area (Å²) in [4.78, 5) is 49.0. The van der Waals surface area contributed by atoms with Gasteiger partial charge in [-0.1, -0.05) is 53.5 Å². The summed E-state index contributed by atoms with van der Waals surface area (Å²) in [6, 6.07) is 4.12. The van der Waals surface area contributed by atoms with Crippen LogP contribution in [0.3, 0.4) is 0 Å². The number of rotatable bonds is 17. The van der Waals surface area contributed by atoms with Gasteiger partial charge in [0.05, 0.1) is 18.9 Å². The lowest BCUT2D eigenvalue weighted by Crippen LogP contribution is -2.41. The molecule has 208 valence electrons. The highest BCUT2D eigenvalue weighted by Gasteiger charge is 2.23. The second-order valence-electron chi connectivity index (χ2n) is 9.15. The Morgan fingerprint density at radius 3 is 2.05 bits per heavy atom. The maximum atomic E-state index is 12.5. The number of esters is 4. The Morgan fingerprint density at radius 1 is 0.865 bits per heavy atom. The summed E-state index contributed by atoms with van der Waals surface area (Å²) in [5.41, 5.74) is 0.662. The third-order valence-corrected chi connectivity index (χ3v) is 6.12. The molecule has 0 bridgehead atoms. The zero-order chi connectivity index (χ0) is 27.8. The zero-order valence-electron chi connectivity index (χ0n) is 23.1. The smallest absolute Gasteiger partial charge is 0.323 e. The quantitative estimate of drug-likeness (QED) is 0.181. The normalized spacial score (nSPS) is 13.2. The highest BCUT2D eigenvalue weighted by molar-refractivity contribution is 5.79. The van der Waals surface area contributed by atoms with Crippen LogP contribution in [0.25, 0.3) is 0 Å². The van der Waals surface area contributed by atoms with E-state index in [1.54, 1.807) is 32.0 Å². The number of hydrogen-bond donors (Lipinski definition) is 1. The summed E-state index contributed by atoms with van der Waals surface area (Å²) in [5.74, 6) is -2.01. The summed E-state index contributed by atoms with van der Waals surface area (Å²) in [6.45, 7) is 9.73. The molecule has 0 spiro atoms. The van der Waals surface area contributed by atoms with Gasteiger partial charge in [-0.3, -0.25) is 19.2 Å². The first-order valence-corrected chi connectivity index (χ1v) is 13.2. The third kappa shape index (κ3) is 11.8. The van der Waals surface area contributed by atoms with E-state index < -0.39 is 23.9 Å². The van der Waals surface area contributed by atoms with E-state index in [9.17, 15) is 19.2 Å². The van der Waals surface area contributed by atoms with E-state index in [2.05, 4.69) is 12.2 Å². The van der Waals surface area contributed by atoms with Crippen LogP contribution in [0, 0.1) is 11.8 Å². The highest BCUT2D eigenvalue weighted by atomic mass is 16.6. The van der Waals surface area contributed by atoms with Crippen LogP contribution in [-0.2, 0) is 35.1 Å². The molecule has 0 radical (unpaired) electrons. The SMILES string of the molecule is CCCCCC(=O)OCCN[C@@H](Cc1ccc(OC(=O)C(C)CC)c(OC(=O)C(C)CC)c1)C(=O)OC. The summed E-state index contributed by atoms with van der Waals surface area (Å²) >= 11 is 0. The number of unbranched alkanes of at least 4 members (excludes halogenated alkanes) is 2. The summed E-state index contributed by atoms with van der Waals surface area (Å²) in [7, 11) is 1.29. The number of hydrogen-bond acceptors (Lipinski definition) is 9. The van der Waals surface area contributed by atoms with Gasteiger partial charge in [-0.2, -0.15) is 0 Å². The molecule has 1 aromatic rings. The van der Waals surface area contributed by atoms with Crippen molar-refractivity contribution in [3.63, 3.8) is 0 Å². The molecule has 1 aromatic carbocycles. The molecule has 3 atom stereocenters. The number of benzene rings is 1. The molecule has 9 nitrogen and oxygen atoms in total. The Bertz CT molecular complexity index is 885. The maximum Gasteiger partial charge on any atom is 0.323 e. The van der Waals surface area contributed by atoms with Crippen LogP contribution >= 0.6 is 0 Å². The van der Waals surface area contributed by atoms with E-state index in [0.717, 1.165) is 19.3 Å². The molecule has 1 N–H and O–H groups in total. The molecule has 2 unspecified atom stereocenters. The standard InChI is InChI=1S/C28H43NO8/c1-7-10-11-12-25(30)35-16-15-29-22(28(33)34-6)17-21-13-14-23(36-26(31)19(4)8-2)24(18-21)37-27(32)20(5)9-3/h13-14,18-20,22,29H,7-12,15-17H2,1-6H3/t19?,20?,22-/m0/s1. The van der Waals surface area contributed by atoms with Gasteiger partial charge in [0.15, 0.2) is 11.5 Å². The van der Waals surface area contributed by atoms with Gasteiger partial charge in [-0.05, 0) is 43.4 Å². The fourth-order valence-electron chi connectivity index (χ4n) is 3.20. The van der Waals surface area contributed by atoms with Gasteiger partial charge in [0.1, 0.15) is 12.6 Å². The molecule has 9 heteroatoms. The topological polar surface area (TPSA) is 117 Å². The van der Waals surface area contributed by atoms with Crippen molar-refractivity contribution in [2.75, 3.05) is 20.3 Å². The number of methoxy groups -OCH3 is 1. The second kappa shape index (κ2) is 17.5. The van der Waals surface area contributed by atoms with Crippen LogP contribution in [0.2, 0.25) is 0 Å². The van der Waals surface area contributed by atoms with Crippen LogP contribution in [0.1, 0.15) is 78.7 Å². The first-order chi connectivity index (χ1) is 17.7. The van der Waals surface area contributed by atoms with Gasteiger partial charge < -0.3 is 24.3 Å². The first-order valence-electron chi connectivity index (χ1n) is 13.2. The number of carbonyl (C=O) groups is 4. The van der Waals surface area contributed by atoms with Crippen molar-refractivity contribution in [1.29, 1.82) is 0 Å². The fraction of sp³-hybridized carbons (Fsp3) is 0.643. The van der Waals surface area contributed by atoms with E-state index in [0.29, 0.717) is 24.8 Å². The Kier molecular flexibility index (Phi) is 15.2. The third-order valence-electron chi connectivity index (χ3n) is 6.12. The van der Waals surface area contributed by atoms with E-state index in [4.69, 9.17) is 18.9 Å². The second-order valence-corrected chi connectivity index (χ2v) is 9.15. The van der Waals surface area contributed by atoms with Crippen molar-refractivity contribution in [2.24, 2.45) is 11.8 Å². The highest BCUT2D eigenvalue weighted by Crippen LogP contribution is 2.31. The van der Waals surface area contributed by atoms with Gasteiger partial charge in [0, 0.05) is 13.0 Å². The van der Waals surface area contributed by atoms with Gasteiger partial charge in [-0.15, -0.1) is 0 Å². The summed E-state index contributed by atoms with van der Waals surface area (Å²) < 4.78 is 21.2. The average Bonchev–Trinajstić information content (AvgIpc) is 2.90. The molecular formula is C28H43NO8. The van der Waals surface area contributed by atoms with Crippen molar-refractivity contribution in [1.82, 2.24) is 5.32 Å². The predicted molar refractivity (Wildman–Crippen MR) is 139 cm³/mol. The molecule has 0 aromatic heterocycles. The first kappa shape index (κ1) is 32.1. The van der Waals surface area contributed by atoms with Gasteiger partial charge in [0.2, 0.25) is 0 Å². The Morgan fingerprint density at radius 2 is 1.49 bits per heavy atom. The van der Waals surface area contributed by atoms with Gasteiger partial charge in [-0.25, -0.2) is 0 Å². The van der Waals surface area contributed by atoms with Crippen molar-refractivity contribution >= 4 is 23.9 Å². The van der Waals surface area contributed by atoms with E-state index in [1.807, 2.05) is 13.8 Å². The van der Waals surface area contributed by atoms with Crippen molar-refractivity contribution in [3.05, 3.63) is 23.8 Å². The van der Waals surface area contributed by atoms with Crippen molar-refractivity contribution < 1.29 is 38.1 Å². The Labute approximate surface area is 220 Å². The van der Waals surface area contributed by atoms with Crippen molar-refractivity contribution in [3.8, 4) is 11.5 Å². The van der Waals surface area contributed by atoms with Crippen LogP contribution in [0.4, 0.5) is 0 Å². The molecular weight excluding hydrogens is 478 g/mol. The molecule has 0 saturated carbocycles. The molecule has 0 fully saturated rings. The summed E-state index contributed by atoms with van der Waals surface area (Å²) in [5, 5.41) is 3.05. The zero-order valence-corrected chi connectivity index (χ0v) is 23.1. The molecule has 1 rings (SSSR count). The lowest BCUT2D eigenvalue weighted by Gasteiger charge is -2.19. The predicted octanol–water partition coefficient (Wildman–Crippen LogP) is 4.39. The molecule has 37 heavy (non-hydrogen) atoms. The molecule has 0 aliphatic carbocycles. The Balaban J connectivity index is 2.96. The molecule has 0 saturated heterocycles. The number of nitrogens with one attached hydrogen (secondary N) is 1. The molecule has 0 amide bonds. The maximum absolute atomic E-state index is 12.5.